The Hall–Kier alpha value is -3.41. The molecular formula is C24H23N3O4S. The molecule has 0 fully saturated rings. The number of rotatable bonds is 2. The van der Waals surface area contributed by atoms with E-state index in [2.05, 4.69) is 11.4 Å². The summed E-state index contributed by atoms with van der Waals surface area (Å²) in [6.07, 6.45) is -1.23. The van der Waals surface area contributed by atoms with Gasteiger partial charge in [0, 0.05) is 11.3 Å². The van der Waals surface area contributed by atoms with Gasteiger partial charge in [0.1, 0.15) is 24.0 Å². The van der Waals surface area contributed by atoms with Crippen molar-refractivity contribution in [2.45, 2.75) is 38.7 Å². The van der Waals surface area contributed by atoms with Crippen LogP contribution >= 0.6 is 11.3 Å². The summed E-state index contributed by atoms with van der Waals surface area (Å²) < 4.78 is 7.09. The number of carbonyl (C=O) groups excluding carboxylic acids is 1. The van der Waals surface area contributed by atoms with Crippen molar-refractivity contribution in [3.8, 4) is 17.3 Å². The number of amides is 1. The second-order valence-corrected chi connectivity index (χ2v) is 9.69. The number of nitrogens with zero attached hydrogens (tertiary/aromatic N) is 2. The van der Waals surface area contributed by atoms with E-state index in [0.29, 0.717) is 28.1 Å². The van der Waals surface area contributed by atoms with Crippen molar-refractivity contribution in [2.75, 3.05) is 11.9 Å². The smallest absolute Gasteiger partial charge is 0.417 e. The number of carboxylic acid groups (broad SMARTS) is 1. The Morgan fingerprint density at radius 1 is 1.31 bits per heavy atom. The zero-order valence-electron chi connectivity index (χ0n) is 18.2. The highest BCUT2D eigenvalue weighted by Gasteiger charge is 2.37. The van der Waals surface area contributed by atoms with Crippen molar-refractivity contribution in [2.24, 2.45) is 0 Å². The van der Waals surface area contributed by atoms with Crippen LogP contribution < -0.4 is 5.32 Å². The summed E-state index contributed by atoms with van der Waals surface area (Å²) in [5, 5.41) is 26.4. The highest BCUT2D eigenvalue weighted by Crippen LogP contribution is 2.43. The average molecular weight is 450 g/mol. The summed E-state index contributed by atoms with van der Waals surface area (Å²) in [6, 6.07) is 11.1. The van der Waals surface area contributed by atoms with E-state index in [4.69, 9.17) is 4.74 Å². The van der Waals surface area contributed by atoms with Crippen LogP contribution in [0.3, 0.4) is 0 Å². The second kappa shape index (κ2) is 7.62. The second-order valence-electron chi connectivity index (χ2n) is 8.91. The summed E-state index contributed by atoms with van der Waals surface area (Å²) in [5.41, 5.74) is 2.65. The van der Waals surface area contributed by atoms with Crippen LogP contribution in [-0.2, 0) is 20.5 Å². The Kier molecular flexibility index (Phi) is 5.19. The molecule has 1 unspecified atom stereocenters. The van der Waals surface area contributed by atoms with Crippen LogP contribution in [0.1, 0.15) is 50.1 Å². The van der Waals surface area contributed by atoms with Crippen LogP contribution in [0.2, 0.25) is 0 Å². The number of nitrogens with one attached hydrogen (secondary N) is 1. The van der Waals surface area contributed by atoms with E-state index >= 15 is 0 Å². The van der Waals surface area contributed by atoms with Crippen molar-refractivity contribution in [3.63, 3.8) is 0 Å². The summed E-state index contributed by atoms with van der Waals surface area (Å²) in [7, 11) is 0. The first kappa shape index (κ1) is 21.8. The molecule has 1 aliphatic rings. The van der Waals surface area contributed by atoms with Crippen molar-refractivity contribution >= 4 is 29.0 Å². The minimum absolute atomic E-state index is 0.0973. The van der Waals surface area contributed by atoms with Crippen LogP contribution in [0.5, 0.6) is 0 Å². The number of nitriles is 1. The molecular weight excluding hydrogens is 426 g/mol. The number of ether oxygens (including phenoxy) is 1. The summed E-state index contributed by atoms with van der Waals surface area (Å²) in [5.74, 6) is -0.256. The third-order valence-corrected chi connectivity index (χ3v) is 6.46. The fraction of sp³-hybridized carbons (Fsp3) is 0.292. The molecule has 2 aromatic heterocycles. The van der Waals surface area contributed by atoms with Gasteiger partial charge in [-0.05, 0) is 64.1 Å². The fourth-order valence-electron chi connectivity index (χ4n) is 4.06. The summed E-state index contributed by atoms with van der Waals surface area (Å²) in [4.78, 5) is 24.4. The topological polar surface area (TPSA) is 104 Å². The van der Waals surface area contributed by atoms with E-state index in [1.807, 2.05) is 50.6 Å². The molecule has 0 bridgehead atoms. The number of fused-ring (bicyclic) bond motifs is 1. The lowest BCUT2D eigenvalue weighted by molar-refractivity contribution is -0.124. The monoisotopic (exact) mass is 449 g/mol. The molecule has 7 nitrogen and oxygen atoms in total. The number of benzene rings is 1. The molecule has 0 radical (unpaired) electrons. The molecule has 8 heteroatoms. The minimum atomic E-state index is -1.23. The molecule has 1 amide bonds. The van der Waals surface area contributed by atoms with Gasteiger partial charge in [-0.15, -0.1) is 0 Å². The van der Waals surface area contributed by atoms with Crippen LogP contribution in [-0.4, -0.2) is 28.3 Å². The molecule has 1 atom stereocenters. The van der Waals surface area contributed by atoms with Crippen LogP contribution in [0, 0.1) is 11.3 Å². The van der Waals surface area contributed by atoms with Crippen LogP contribution in [0.15, 0.2) is 41.1 Å². The Balaban J connectivity index is 1.98. The Morgan fingerprint density at radius 2 is 2.06 bits per heavy atom. The number of carbonyl (C=O) groups is 2. The molecule has 2 N–H and O–H groups in total. The summed E-state index contributed by atoms with van der Waals surface area (Å²) in [6.45, 7) is 7.61. The van der Waals surface area contributed by atoms with E-state index in [0.717, 1.165) is 10.1 Å². The predicted octanol–water partition coefficient (Wildman–Crippen LogP) is 5.14. The number of hydrogen-bond donors (Lipinski definition) is 2. The number of anilines is 1. The maximum Gasteiger partial charge on any atom is 0.417 e. The van der Waals surface area contributed by atoms with Crippen molar-refractivity contribution in [3.05, 3.63) is 63.5 Å². The zero-order chi connectivity index (χ0) is 23.3. The summed E-state index contributed by atoms with van der Waals surface area (Å²) >= 11 is 1.53. The first-order valence-electron chi connectivity index (χ1n) is 10.1. The van der Waals surface area contributed by atoms with E-state index < -0.39 is 17.1 Å². The highest BCUT2D eigenvalue weighted by atomic mass is 32.1. The molecule has 164 valence electrons. The molecule has 0 saturated heterocycles. The fourth-order valence-corrected chi connectivity index (χ4v) is 4.81. The largest absolute Gasteiger partial charge is 0.464 e. The molecule has 0 saturated carbocycles. The molecule has 4 rings (SSSR count). The third-order valence-electron chi connectivity index (χ3n) is 5.77. The minimum Gasteiger partial charge on any atom is -0.464 e. The van der Waals surface area contributed by atoms with Gasteiger partial charge in [0.05, 0.1) is 5.69 Å². The maximum atomic E-state index is 12.2. The highest BCUT2D eigenvalue weighted by molar-refractivity contribution is 7.08. The number of thiophene rings is 1. The first-order valence-corrected chi connectivity index (χ1v) is 11.0. The predicted molar refractivity (Wildman–Crippen MR) is 122 cm³/mol. The van der Waals surface area contributed by atoms with Gasteiger partial charge in [-0.1, -0.05) is 26.8 Å². The molecule has 0 spiro atoms. The Morgan fingerprint density at radius 3 is 2.66 bits per heavy atom. The standard InChI is InChI=1S/C24H23N3O4S/c1-23(2,3)17-10-19(27(22(29)30)20(17)11-25)14-5-6-18-16(9-14)24(4,15-7-8-32-13-15)31-12-21(28)26-18/h5-10,13H,12H2,1-4H3,(H,26,28)(H,29,30). The molecule has 0 aliphatic carbocycles. The Bertz CT molecular complexity index is 1260. The van der Waals surface area contributed by atoms with Gasteiger partial charge < -0.3 is 15.2 Å². The van der Waals surface area contributed by atoms with Gasteiger partial charge in [0.2, 0.25) is 5.91 Å². The molecule has 3 heterocycles. The molecule has 32 heavy (non-hydrogen) atoms. The van der Waals surface area contributed by atoms with Crippen molar-refractivity contribution < 1.29 is 19.4 Å². The van der Waals surface area contributed by atoms with Gasteiger partial charge in [-0.2, -0.15) is 16.6 Å². The molecule has 3 aromatic rings. The van der Waals surface area contributed by atoms with Gasteiger partial charge in [-0.3, -0.25) is 4.79 Å². The quantitative estimate of drug-likeness (QED) is 0.563. The zero-order valence-corrected chi connectivity index (χ0v) is 19.0. The third kappa shape index (κ3) is 3.49. The first-order chi connectivity index (χ1) is 15.1. The van der Waals surface area contributed by atoms with Crippen LogP contribution in [0.25, 0.3) is 11.3 Å². The van der Waals surface area contributed by atoms with Crippen molar-refractivity contribution in [1.29, 1.82) is 5.26 Å². The lowest BCUT2D eigenvalue weighted by Crippen LogP contribution is -2.27. The number of aromatic nitrogens is 1. The maximum absolute atomic E-state index is 12.2. The molecule has 1 aromatic carbocycles. The van der Waals surface area contributed by atoms with Gasteiger partial charge in [0.25, 0.3) is 0 Å². The van der Waals surface area contributed by atoms with E-state index in [1.165, 1.54) is 11.3 Å². The van der Waals surface area contributed by atoms with Gasteiger partial charge >= 0.3 is 6.09 Å². The van der Waals surface area contributed by atoms with Crippen LogP contribution in [0.4, 0.5) is 10.5 Å². The van der Waals surface area contributed by atoms with E-state index in [1.54, 1.807) is 18.2 Å². The van der Waals surface area contributed by atoms with Gasteiger partial charge in [0.15, 0.2) is 0 Å². The molecule has 1 aliphatic heterocycles. The lowest BCUT2D eigenvalue weighted by Gasteiger charge is -2.29. The normalized spacial score (nSPS) is 18.4. The van der Waals surface area contributed by atoms with E-state index in [9.17, 15) is 20.0 Å². The number of hydrogen-bond acceptors (Lipinski definition) is 5. The van der Waals surface area contributed by atoms with E-state index in [-0.39, 0.29) is 18.2 Å². The lowest BCUT2D eigenvalue weighted by atomic mass is 9.86. The average Bonchev–Trinajstić information content (AvgIpc) is 3.38. The Labute approximate surface area is 189 Å². The SMILES string of the molecule is CC(C)(C)c1cc(-c2ccc3c(c2)C(C)(c2ccsc2)OCC(=O)N3)n(C(=O)O)c1C#N. The van der Waals surface area contributed by atoms with Crippen molar-refractivity contribution in [1.82, 2.24) is 4.57 Å². The van der Waals surface area contributed by atoms with Gasteiger partial charge in [-0.25, -0.2) is 9.36 Å².